The normalized spacial score (nSPS) is 15.2. The fourth-order valence-corrected chi connectivity index (χ4v) is 4.43. The molecule has 0 aliphatic carbocycles. The van der Waals surface area contributed by atoms with Gasteiger partial charge in [-0.15, -0.1) is 0 Å². The van der Waals surface area contributed by atoms with Gasteiger partial charge >= 0.3 is 12.1 Å². The number of nitrogens with zero attached hydrogens (tertiary/aromatic N) is 3. The van der Waals surface area contributed by atoms with Gasteiger partial charge in [-0.1, -0.05) is 48.5 Å². The number of rotatable bonds is 9. The first-order chi connectivity index (χ1) is 19.6. The fraction of sp³-hybridized carbons (Fsp3) is 0.214. The Labute approximate surface area is 233 Å². The van der Waals surface area contributed by atoms with Crippen molar-refractivity contribution in [1.82, 2.24) is 15.1 Å². The van der Waals surface area contributed by atoms with Crippen molar-refractivity contribution in [2.45, 2.75) is 25.2 Å². The van der Waals surface area contributed by atoms with E-state index in [0.717, 1.165) is 28.0 Å². The maximum Gasteiger partial charge on any atom is 0.412 e. The van der Waals surface area contributed by atoms with Crippen LogP contribution in [0.15, 0.2) is 78.9 Å². The van der Waals surface area contributed by atoms with Crippen molar-refractivity contribution >= 4 is 29.6 Å². The number of hydrogen-bond donors (Lipinski definition) is 2. The lowest BCUT2D eigenvalue weighted by Crippen LogP contribution is -2.54. The van der Waals surface area contributed by atoms with E-state index in [1.165, 1.54) is 30.3 Å². The van der Waals surface area contributed by atoms with Gasteiger partial charge in [-0.05, 0) is 29.3 Å². The Morgan fingerprint density at radius 2 is 1.71 bits per heavy atom. The largest absolute Gasteiger partial charge is 0.481 e. The minimum atomic E-state index is -1.58. The topological polar surface area (TPSA) is 159 Å². The molecular formula is C28H25FN4O8. The number of amides is 3. The summed E-state index contributed by atoms with van der Waals surface area (Å²) in [6.07, 6.45) is -3.13. The number of nitro groups is 1. The lowest BCUT2D eigenvalue weighted by atomic mass is 10.0. The molecule has 0 spiro atoms. The molecule has 1 heterocycles. The molecule has 41 heavy (non-hydrogen) atoms. The average molecular weight is 565 g/mol. The molecule has 1 fully saturated rings. The van der Waals surface area contributed by atoms with Gasteiger partial charge < -0.3 is 20.1 Å². The molecule has 212 valence electrons. The van der Waals surface area contributed by atoms with Crippen LogP contribution in [0.3, 0.4) is 0 Å². The van der Waals surface area contributed by atoms with Crippen LogP contribution < -0.4 is 5.32 Å². The summed E-state index contributed by atoms with van der Waals surface area (Å²) in [5.74, 6) is -3.66. The number of nitrogens with one attached hydrogen (secondary N) is 1. The number of carboxylic acid groups (broad SMARTS) is 1. The third-order valence-electron chi connectivity index (χ3n) is 6.36. The molecule has 13 heteroatoms. The van der Waals surface area contributed by atoms with Crippen molar-refractivity contribution in [3.8, 4) is 0 Å². The monoisotopic (exact) mass is 564 g/mol. The first-order valence-corrected chi connectivity index (χ1v) is 12.4. The number of hydrogen-bond acceptors (Lipinski definition) is 7. The second kappa shape index (κ2) is 12.7. The van der Waals surface area contributed by atoms with Crippen molar-refractivity contribution in [3.05, 3.63) is 111 Å². The SMILES string of the molecule is O=C(O)CC(NC(=O)C1N(C(=O)OCc2ccccc2)CCN1C(=O)c1cccc(F)c1)c1cccc([N+](=O)[O-])c1. The average Bonchev–Trinajstić information content (AvgIpc) is 3.41. The number of non-ortho nitro benzene ring substituents is 1. The van der Waals surface area contributed by atoms with Crippen molar-refractivity contribution in [2.75, 3.05) is 13.1 Å². The summed E-state index contributed by atoms with van der Waals surface area (Å²) >= 11 is 0. The molecule has 2 unspecified atom stereocenters. The lowest BCUT2D eigenvalue weighted by molar-refractivity contribution is -0.384. The number of carboxylic acids is 1. The Hall–Kier alpha value is -5.33. The predicted octanol–water partition coefficient (Wildman–Crippen LogP) is 3.49. The number of aliphatic carboxylic acids is 1. The molecule has 3 amide bonds. The Kier molecular flexibility index (Phi) is 8.87. The van der Waals surface area contributed by atoms with Gasteiger partial charge in [0.15, 0.2) is 6.17 Å². The number of carbonyl (C=O) groups excluding carboxylic acids is 3. The summed E-state index contributed by atoms with van der Waals surface area (Å²) in [6.45, 7) is -0.320. The summed E-state index contributed by atoms with van der Waals surface area (Å²) in [5.41, 5.74) is 0.431. The van der Waals surface area contributed by atoms with Crippen LogP contribution in [0.1, 0.15) is 33.9 Å². The molecule has 1 aliphatic rings. The van der Waals surface area contributed by atoms with Gasteiger partial charge in [0.1, 0.15) is 12.4 Å². The van der Waals surface area contributed by atoms with Crippen molar-refractivity contribution in [1.29, 1.82) is 0 Å². The molecule has 0 saturated carbocycles. The molecule has 0 bridgehead atoms. The zero-order valence-electron chi connectivity index (χ0n) is 21.5. The van der Waals surface area contributed by atoms with Gasteiger partial charge in [0.05, 0.1) is 17.4 Å². The summed E-state index contributed by atoms with van der Waals surface area (Å²) < 4.78 is 19.3. The second-order valence-electron chi connectivity index (χ2n) is 9.13. The summed E-state index contributed by atoms with van der Waals surface area (Å²) in [7, 11) is 0. The first kappa shape index (κ1) is 28.7. The predicted molar refractivity (Wildman–Crippen MR) is 141 cm³/mol. The molecule has 4 rings (SSSR count). The third-order valence-corrected chi connectivity index (χ3v) is 6.36. The van der Waals surface area contributed by atoms with E-state index in [9.17, 15) is 38.8 Å². The van der Waals surface area contributed by atoms with Crippen LogP contribution >= 0.6 is 0 Å². The van der Waals surface area contributed by atoms with Crippen molar-refractivity contribution in [3.63, 3.8) is 0 Å². The van der Waals surface area contributed by atoms with Gasteiger partial charge in [-0.25, -0.2) is 9.18 Å². The van der Waals surface area contributed by atoms with Crippen LogP contribution in [0.4, 0.5) is 14.9 Å². The molecule has 1 saturated heterocycles. The molecule has 0 aromatic heterocycles. The Balaban J connectivity index is 1.63. The first-order valence-electron chi connectivity index (χ1n) is 12.4. The van der Waals surface area contributed by atoms with E-state index in [4.69, 9.17) is 4.74 Å². The molecule has 12 nitrogen and oxygen atoms in total. The Morgan fingerprint density at radius 1 is 1.00 bits per heavy atom. The second-order valence-corrected chi connectivity index (χ2v) is 9.13. The lowest BCUT2D eigenvalue weighted by Gasteiger charge is -2.30. The van der Waals surface area contributed by atoms with Crippen LogP contribution in [0.5, 0.6) is 0 Å². The number of halogens is 1. The third kappa shape index (κ3) is 7.01. The highest BCUT2D eigenvalue weighted by atomic mass is 19.1. The van der Waals surface area contributed by atoms with Crippen molar-refractivity contribution < 1.29 is 38.3 Å². The maximum absolute atomic E-state index is 13.9. The van der Waals surface area contributed by atoms with Gasteiger partial charge in [0.25, 0.3) is 17.5 Å². The maximum atomic E-state index is 13.9. The fourth-order valence-electron chi connectivity index (χ4n) is 4.43. The standard InChI is InChI=1S/C28H25FN4O8/c29-21-10-4-9-20(14-21)27(37)31-12-13-32(28(38)41-17-18-6-2-1-3-7-18)26(31)25(36)30-23(16-24(34)35)19-8-5-11-22(15-19)33(39)40/h1-11,14-15,23,26H,12-13,16-17H2,(H,30,36)(H,34,35). The summed E-state index contributed by atoms with van der Waals surface area (Å²) in [6, 6.07) is 17.4. The van der Waals surface area contributed by atoms with E-state index in [0.29, 0.717) is 5.56 Å². The minimum absolute atomic E-state index is 0.0666. The number of carbonyl (C=O) groups is 4. The highest BCUT2D eigenvalue weighted by molar-refractivity contribution is 5.99. The smallest absolute Gasteiger partial charge is 0.412 e. The highest BCUT2D eigenvalue weighted by Crippen LogP contribution is 2.25. The van der Waals surface area contributed by atoms with E-state index >= 15 is 0 Å². The van der Waals surface area contributed by atoms with E-state index in [1.54, 1.807) is 30.3 Å². The van der Waals surface area contributed by atoms with Crippen LogP contribution in [-0.2, 0) is 20.9 Å². The molecule has 1 aliphatic heterocycles. The number of benzene rings is 3. The molecule has 2 atom stereocenters. The molecule has 0 radical (unpaired) electrons. The molecule has 2 N–H and O–H groups in total. The highest BCUT2D eigenvalue weighted by Gasteiger charge is 2.44. The number of ether oxygens (including phenoxy) is 1. The number of nitro benzene ring substituents is 1. The summed E-state index contributed by atoms with van der Waals surface area (Å²) in [4.78, 5) is 64.4. The molecular weight excluding hydrogens is 539 g/mol. The van der Waals surface area contributed by atoms with Gasteiger partial charge in [0.2, 0.25) is 0 Å². The molecule has 3 aromatic carbocycles. The zero-order valence-corrected chi connectivity index (χ0v) is 21.5. The van der Waals surface area contributed by atoms with E-state index < -0.39 is 53.2 Å². The van der Waals surface area contributed by atoms with Crippen LogP contribution in [0.2, 0.25) is 0 Å². The van der Waals surface area contributed by atoms with E-state index in [2.05, 4.69) is 5.32 Å². The Bertz CT molecular complexity index is 1470. The molecule has 3 aromatic rings. The van der Waals surface area contributed by atoms with Gasteiger partial charge in [-0.3, -0.25) is 29.4 Å². The van der Waals surface area contributed by atoms with E-state index in [1.807, 2.05) is 0 Å². The van der Waals surface area contributed by atoms with Gasteiger partial charge in [0, 0.05) is 30.8 Å². The van der Waals surface area contributed by atoms with Crippen molar-refractivity contribution in [2.24, 2.45) is 0 Å². The van der Waals surface area contributed by atoms with Crippen LogP contribution in [0.25, 0.3) is 0 Å². The van der Waals surface area contributed by atoms with Gasteiger partial charge in [-0.2, -0.15) is 0 Å². The van der Waals surface area contributed by atoms with Crippen LogP contribution in [-0.4, -0.2) is 63.0 Å². The minimum Gasteiger partial charge on any atom is -0.481 e. The zero-order chi connectivity index (χ0) is 29.5. The quantitative estimate of drug-likeness (QED) is 0.295. The van der Waals surface area contributed by atoms with Crippen LogP contribution in [0, 0.1) is 15.9 Å². The summed E-state index contributed by atoms with van der Waals surface area (Å²) in [5, 5.41) is 23.2. The van der Waals surface area contributed by atoms with E-state index in [-0.39, 0.29) is 36.5 Å². The Morgan fingerprint density at radius 3 is 2.39 bits per heavy atom.